The molecule has 1 aliphatic rings. The lowest BCUT2D eigenvalue weighted by molar-refractivity contribution is -0.122. The highest BCUT2D eigenvalue weighted by molar-refractivity contribution is 14.1. The van der Waals surface area contributed by atoms with Crippen molar-refractivity contribution >= 4 is 75.4 Å². The third-order valence-electron chi connectivity index (χ3n) is 5.84. The molecule has 4 rings (SSSR count). The summed E-state index contributed by atoms with van der Waals surface area (Å²) in [6.45, 7) is 5.51. The van der Waals surface area contributed by atoms with Crippen LogP contribution in [-0.2, 0) is 14.4 Å². The summed E-state index contributed by atoms with van der Waals surface area (Å²) in [6, 6.07) is 14.6. The third kappa shape index (κ3) is 6.62. The predicted octanol–water partition coefficient (Wildman–Crippen LogP) is 5.64. The van der Waals surface area contributed by atoms with Crippen LogP contribution in [0.15, 0.2) is 60.2 Å². The second kappa shape index (κ2) is 12.5. The van der Waals surface area contributed by atoms with Gasteiger partial charge in [0, 0.05) is 10.7 Å². The Bertz CT molecular complexity index is 1540. The lowest BCUT2D eigenvalue weighted by atomic mass is 10.1. The Morgan fingerprint density at radius 2 is 1.77 bits per heavy atom. The topological polar surface area (TPSA) is 114 Å². The summed E-state index contributed by atoms with van der Waals surface area (Å²) >= 11 is 8.12. The number of nitrogens with one attached hydrogen (secondary N) is 2. The quantitative estimate of drug-likeness (QED) is 0.182. The Balaban J connectivity index is 1.60. The summed E-state index contributed by atoms with van der Waals surface area (Å²) in [5.74, 6) is -1.30. The van der Waals surface area contributed by atoms with Crippen LogP contribution in [0.2, 0.25) is 5.02 Å². The molecule has 206 valence electrons. The number of rotatable bonds is 8. The number of barbiturate groups is 1. The van der Waals surface area contributed by atoms with E-state index in [1.165, 1.54) is 12.1 Å². The molecular weight excluding hydrogens is 649 g/mol. The smallest absolute Gasteiger partial charge is 0.335 e. The van der Waals surface area contributed by atoms with Crippen LogP contribution in [-0.4, -0.2) is 37.0 Å². The van der Waals surface area contributed by atoms with E-state index in [1.54, 1.807) is 50.2 Å². The number of nitrogens with zero attached hydrogens (tertiary/aromatic N) is 1. The maximum atomic E-state index is 13.4. The number of ether oxygens (including phenoxy) is 2. The van der Waals surface area contributed by atoms with Crippen LogP contribution in [0.3, 0.4) is 0 Å². The lowest BCUT2D eigenvalue weighted by Crippen LogP contribution is -2.54. The van der Waals surface area contributed by atoms with Crippen molar-refractivity contribution in [3.05, 3.63) is 85.5 Å². The van der Waals surface area contributed by atoms with E-state index in [0.717, 1.165) is 10.5 Å². The van der Waals surface area contributed by atoms with E-state index in [0.29, 0.717) is 43.5 Å². The van der Waals surface area contributed by atoms with Crippen molar-refractivity contribution in [1.82, 2.24) is 5.32 Å². The second-order valence-electron chi connectivity index (χ2n) is 8.85. The summed E-state index contributed by atoms with van der Waals surface area (Å²) in [6.07, 6.45) is 1.37. The summed E-state index contributed by atoms with van der Waals surface area (Å²) in [4.78, 5) is 52.0. The molecule has 0 spiro atoms. The van der Waals surface area contributed by atoms with E-state index in [1.807, 2.05) is 41.6 Å². The van der Waals surface area contributed by atoms with Crippen LogP contribution >= 0.6 is 34.2 Å². The average molecular weight is 674 g/mol. The summed E-state index contributed by atoms with van der Waals surface area (Å²) in [7, 11) is 0. The fourth-order valence-corrected chi connectivity index (χ4v) is 4.86. The van der Waals surface area contributed by atoms with Crippen LogP contribution in [0.1, 0.15) is 23.6 Å². The summed E-state index contributed by atoms with van der Waals surface area (Å²) < 4.78 is 12.1. The fourth-order valence-electron chi connectivity index (χ4n) is 3.91. The first-order valence-electron chi connectivity index (χ1n) is 12.2. The number of amides is 5. The SMILES string of the molecule is CCOc1cc(/C=C2\C(=O)NC(=O)N(c3cc(Cl)ccc3C)C2=O)cc(I)c1OCC(=O)Nc1ccc(C)cc1. The Hall–Kier alpha value is -3.90. The molecule has 3 aromatic carbocycles. The minimum absolute atomic E-state index is 0.247. The van der Waals surface area contributed by atoms with Gasteiger partial charge in [0.15, 0.2) is 18.1 Å². The van der Waals surface area contributed by atoms with Gasteiger partial charge in [0.2, 0.25) is 0 Å². The Kier molecular flexibility index (Phi) is 9.10. The number of imide groups is 2. The fraction of sp³-hybridized carbons (Fsp3) is 0.172. The molecule has 0 aliphatic carbocycles. The zero-order valence-corrected chi connectivity index (χ0v) is 24.8. The second-order valence-corrected chi connectivity index (χ2v) is 10.5. The maximum Gasteiger partial charge on any atom is 0.335 e. The number of carbonyl (C=O) groups excluding carboxylic acids is 4. The van der Waals surface area contributed by atoms with Crippen LogP contribution in [0.25, 0.3) is 6.08 Å². The monoisotopic (exact) mass is 673 g/mol. The van der Waals surface area contributed by atoms with Gasteiger partial charge in [-0.25, -0.2) is 9.69 Å². The molecule has 2 N–H and O–H groups in total. The number of carbonyl (C=O) groups is 4. The van der Waals surface area contributed by atoms with Crippen LogP contribution in [0.4, 0.5) is 16.2 Å². The number of anilines is 2. The van der Waals surface area contributed by atoms with Gasteiger partial charge in [0.1, 0.15) is 5.57 Å². The van der Waals surface area contributed by atoms with Gasteiger partial charge in [0.05, 0.1) is 15.9 Å². The van der Waals surface area contributed by atoms with Crippen LogP contribution in [0.5, 0.6) is 11.5 Å². The lowest BCUT2D eigenvalue weighted by Gasteiger charge is -2.27. The molecule has 1 fully saturated rings. The minimum atomic E-state index is -0.866. The molecule has 11 heteroatoms. The molecule has 1 saturated heterocycles. The van der Waals surface area contributed by atoms with Gasteiger partial charge < -0.3 is 14.8 Å². The molecule has 0 aromatic heterocycles. The standard InChI is InChI=1S/C29H25ClIN3O6/c1-4-39-24-13-18(12-22(31)26(24)40-15-25(35)32-20-9-5-16(2)6-10-20)11-21-27(36)33-29(38)34(28(21)37)23-14-19(30)8-7-17(23)3/h5-14H,4,15H2,1-3H3,(H,32,35)(H,33,36,38)/b21-11+. The molecule has 1 aliphatic heterocycles. The molecule has 5 amide bonds. The van der Waals surface area contributed by atoms with Crippen LogP contribution in [0, 0.1) is 17.4 Å². The summed E-state index contributed by atoms with van der Waals surface area (Å²) in [5, 5.41) is 5.32. The number of aryl methyl sites for hydroxylation is 2. The van der Waals surface area contributed by atoms with Crippen molar-refractivity contribution in [3.8, 4) is 11.5 Å². The molecule has 0 radical (unpaired) electrons. The zero-order chi connectivity index (χ0) is 29.0. The van der Waals surface area contributed by atoms with Crippen molar-refractivity contribution in [2.45, 2.75) is 20.8 Å². The number of benzene rings is 3. The van der Waals surface area contributed by atoms with E-state index >= 15 is 0 Å². The Morgan fingerprint density at radius 1 is 1.05 bits per heavy atom. The molecule has 0 unspecified atom stereocenters. The van der Waals surface area contributed by atoms with Gasteiger partial charge in [-0.2, -0.15) is 0 Å². The first kappa shape index (κ1) is 29.1. The highest BCUT2D eigenvalue weighted by Gasteiger charge is 2.37. The zero-order valence-electron chi connectivity index (χ0n) is 21.8. The van der Waals surface area contributed by atoms with E-state index in [9.17, 15) is 19.2 Å². The third-order valence-corrected chi connectivity index (χ3v) is 6.88. The van der Waals surface area contributed by atoms with Gasteiger partial charge in [-0.05, 0) is 97.0 Å². The largest absolute Gasteiger partial charge is 0.490 e. The first-order valence-corrected chi connectivity index (χ1v) is 13.7. The average Bonchev–Trinajstić information content (AvgIpc) is 2.89. The van der Waals surface area contributed by atoms with Gasteiger partial charge >= 0.3 is 6.03 Å². The van der Waals surface area contributed by atoms with E-state index in [4.69, 9.17) is 21.1 Å². The van der Waals surface area contributed by atoms with E-state index < -0.39 is 17.8 Å². The van der Waals surface area contributed by atoms with Crippen molar-refractivity contribution in [1.29, 1.82) is 0 Å². The van der Waals surface area contributed by atoms with Gasteiger partial charge in [-0.15, -0.1) is 0 Å². The minimum Gasteiger partial charge on any atom is -0.490 e. The van der Waals surface area contributed by atoms with Crippen molar-refractivity contribution in [3.63, 3.8) is 0 Å². The molecule has 0 saturated carbocycles. The Labute approximate surface area is 249 Å². The van der Waals surface area contributed by atoms with Crippen LogP contribution < -0.4 is 25.0 Å². The molecule has 1 heterocycles. The number of hydrogen-bond acceptors (Lipinski definition) is 6. The van der Waals surface area contributed by atoms with Crippen molar-refractivity contribution < 1.29 is 28.7 Å². The normalized spacial score (nSPS) is 14.3. The predicted molar refractivity (Wildman–Crippen MR) is 161 cm³/mol. The molecule has 9 nitrogen and oxygen atoms in total. The Morgan fingerprint density at radius 3 is 2.48 bits per heavy atom. The number of urea groups is 1. The molecule has 40 heavy (non-hydrogen) atoms. The highest BCUT2D eigenvalue weighted by atomic mass is 127. The van der Waals surface area contributed by atoms with E-state index in [2.05, 4.69) is 10.6 Å². The molecule has 0 bridgehead atoms. The maximum absolute atomic E-state index is 13.4. The highest BCUT2D eigenvalue weighted by Crippen LogP contribution is 2.36. The van der Waals surface area contributed by atoms with Gasteiger partial charge in [0.25, 0.3) is 17.7 Å². The van der Waals surface area contributed by atoms with Crippen molar-refractivity contribution in [2.75, 3.05) is 23.4 Å². The van der Waals surface area contributed by atoms with Gasteiger partial charge in [-0.1, -0.05) is 35.4 Å². The number of hydrogen-bond donors (Lipinski definition) is 2. The summed E-state index contributed by atoms with van der Waals surface area (Å²) in [5.41, 5.74) is 2.83. The van der Waals surface area contributed by atoms with E-state index in [-0.39, 0.29) is 23.8 Å². The van der Waals surface area contributed by atoms with Crippen molar-refractivity contribution in [2.24, 2.45) is 0 Å². The molecular formula is C29H25ClIN3O6. The molecule has 3 aromatic rings. The number of halogens is 2. The molecule has 0 atom stereocenters. The van der Waals surface area contributed by atoms with Gasteiger partial charge in [-0.3, -0.25) is 19.7 Å². The first-order chi connectivity index (χ1) is 19.1.